The number of carbonyl (C=O) groups excluding carboxylic acids is 1. The van der Waals surface area contributed by atoms with Gasteiger partial charge >= 0.3 is 6.03 Å². The zero-order valence-corrected chi connectivity index (χ0v) is 11.5. The fourth-order valence-electron chi connectivity index (χ4n) is 1.35. The van der Waals surface area contributed by atoms with E-state index in [9.17, 15) is 13.2 Å². The van der Waals surface area contributed by atoms with Crippen molar-refractivity contribution in [3.63, 3.8) is 0 Å². The van der Waals surface area contributed by atoms with Crippen LogP contribution in [0.2, 0.25) is 0 Å². The third kappa shape index (κ3) is 5.27. The van der Waals surface area contributed by atoms with E-state index in [-0.39, 0.29) is 24.5 Å². The molecule has 0 spiro atoms. The smallest absolute Gasteiger partial charge is 0.312 e. The molecule has 108 valence electrons. The minimum atomic E-state index is -3.65. The first-order valence-electron chi connectivity index (χ1n) is 5.77. The lowest BCUT2D eigenvalue weighted by molar-refractivity contribution is 0.249. The topological polar surface area (TPSA) is 127 Å². The van der Waals surface area contributed by atoms with Crippen molar-refractivity contribution in [1.82, 2.24) is 10.0 Å². The van der Waals surface area contributed by atoms with E-state index in [0.717, 1.165) is 0 Å². The summed E-state index contributed by atoms with van der Waals surface area (Å²) in [6.45, 7) is 0.360. The average molecular weight is 296 g/mol. The Hall–Kier alpha value is -2.08. The third-order valence-corrected chi connectivity index (χ3v) is 3.65. The Morgan fingerprint density at radius 3 is 2.70 bits per heavy atom. The quantitative estimate of drug-likeness (QED) is 0.408. The van der Waals surface area contributed by atoms with Gasteiger partial charge in [0.05, 0.1) is 11.4 Å². The van der Waals surface area contributed by atoms with Crippen molar-refractivity contribution >= 4 is 16.1 Å². The molecule has 0 atom stereocenters. The first-order valence-corrected chi connectivity index (χ1v) is 7.26. The number of sulfonamides is 1. The third-order valence-electron chi connectivity index (χ3n) is 2.20. The van der Waals surface area contributed by atoms with Gasteiger partial charge in [0.25, 0.3) is 0 Å². The molecule has 0 radical (unpaired) electrons. The van der Waals surface area contributed by atoms with Gasteiger partial charge in [0.2, 0.25) is 10.0 Å². The maximum absolute atomic E-state index is 12.0. The molecular weight excluding hydrogens is 280 g/mol. The van der Waals surface area contributed by atoms with Crippen LogP contribution in [0.15, 0.2) is 29.2 Å². The van der Waals surface area contributed by atoms with E-state index >= 15 is 0 Å². The second-order valence-electron chi connectivity index (χ2n) is 3.72. The largest absolute Gasteiger partial charge is 0.352 e. The molecule has 6 N–H and O–H groups in total. The highest BCUT2D eigenvalue weighted by molar-refractivity contribution is 7.89. The normalized spacial score (nSPS) is 10.4. The summed E-state index contributed by atoms with van der Waals surface area (Å²) in [6.07, 6.45) is 0. The fourth-order valence-corrected chi connectivity index (χ4v) is 2.43. The summed E-state index contributed by atoms with van der Waals surface area (Å²) in [5.41, 5.74) is 10.7. The van der Waals surface area contributed by atoms with Gasteiger partial charge in [-0.2, -0.15) is 0 Å². The van der Waals surface area contributed by atoms with Crippen LogP contribution in [0, 0.1) is 11.8 Å². The zero-order valence-electron chi connectivity index (χ0n) is 10.7. The Morgan fingerprint density at radius 1 is 1.30 bits per heavy atom. The van der Waals surface area contributed by atoms with E-state index < -0.39 is 16.1 Å². The predicted molar refractivity (Wildman–Crippen MR) is 75.1 cm³/mol. The van der Waals surface area contributed by atoms with E-state index in [1.165, 1.54) is 12.1 Å². The molecule has 20 heavy (non-hydrogen) atoms. The highest BCUT2D eigenvalue weighted by Crippen LogP contribution is 2.10. The Morgan fingerprint density at radius 2 is 2.05 bits per heavy atom. The van der Waals surface area contributed by atoms with Crippen molar-refractivity contribution in [3.8, 4) is 11.8 Å². The minimum Gasteiger partial charge on any atom is -0.352 e. The van der Waals surface area contributed by atoms with Gasteiger partial charge in [-0.05, 0) is 18.2 Å². The van der Waals surface area contributed by atoms with E-state index in [4.69, 9.17) is 11.5 Å². The van der Waals surface area contributed by atoms with Gasteiger partial charge in [-0.1, -0.05) is 17.9 Å². The van der Waals surface area contributed by atoms with E-state index in [0.29, 0.717) is 5.56 Å². The van der Waals surface area contributed by atoms with Crippen LogP contribution in [-0.4, -0.2) is 34.1 Å². The molecule has 0 aliphatic rings. The van der Waals surface area contributed by atoms with Crippen molar-refractivity contribution in [2.24, 2.45) is 11.5 Å². The summed E-state index contributed by atoms with van der Waals surface area (Å²) in [7, 11) is -3.65. The van der Waals surface area contributed by atoms with Gasteiger partial charge in [0, 0.05) is 18.7 Å². The molecule has 0 heterocycles. The van der Waals surface area contributed by atoms with Crippen molar-refractivity contribution < 1.29 is 13.2 Å². The summed E-state index contributed by atoms with van der Waals surface area (Å²) in [6, 6.07) is 5.49. The second kappa shape index (κ2) is 7.49. The Balaban J connectivity index is 2.74. The summed E-state index contributed by atoms with van der Waals surface area (Å²) >= 11 is 0. The summed E-state index contributed by atoms with van der Waals surface area (Å²) < 4.78 is 26.3. The molecule has 1 aromatic rings. The highest BCUT2D eigenvalue weighted by atomic mass is 32.2. The first-order chi connectivity index (χ1) is 9.45. The number of amides is 2. The molecule has 2 amide bonds. The molecule has 0 aliphatic carbocycles. The van der Waals surface area contributed by atoms with Crippen LogP contribution in [-0.2, 0) is 10.0 Å². The van der Waals surface area contributed by atoms with Gasteiger partial charge < -0.3 is 16.8 Å². The van der Waals surface area contributed by atoms with Crippen LogP contribution in [0.3, 0.4) is 0 Å². The van der Waals surface area contributed by atoms with Gasteiger partial charge in [-0.25, -0.2) is 17.9 Å². The Bertz CT molecular complexity index is 632. The number of urea groups is 1. The fraction of sp³-hybridized carbons (Fsp3) is 0.250. The Labute approximate surface area is 117 Å². The van der Waals surface area contributed by atoms with Crippen LogP contribution >= 0.6 is 0 Å². The van der Waals surface area contributed by atoms with Gasteiger partial charge in [0.15, 0.2) is 0 Å². The number of carbonyl (C=O) groups is 1. The minimum absolute atomic E-state index is 0.0456. The standard InChI is InChI=1S/C12H16N4O3S/c13-6-2-4-10-3-1-5-11(9-10)20(18,19)16-8-7-15-12(14)17/h1,3,5,9,16H,6-8,13H2,(H3,14,15,17). The second-order valence-corrected chi connectivity index (χ2v) is 5.49. The van der Waals surface area contributed by atoms with Crippen LogP contribution in [0.4, 0.5) is 4.79 Å². The maximum Gasteiger partial charge on any atom is 0.312 e. The molecule has 7 nitrogen and oxygen atoms in total. The number of benzene rings is 1. The van der Waals surface area contributed by atoms with Crippen LogP contribution < -0.4 is 21.5 Å². The van der Waals surface area contributed by atoms with E-state index in [1.807, 2.05) is 0 Å². The number of nitrogens with two attached hydrogens (primary N) is 2. The number of primary amides is 1. The zero-order chi connectivity index (χ0) is 15.0. The van der Waals surface area contributed by atoms with Crippen LogP contribution in [0.25, 0.3) is 0 Å². The molecule has 1 aromatic carbocycles. The molecule has 8 heteroatoms. The molecule has 0 aliphatic heterocycles. The molecule has 0 saturated carbocycles. The molecule has 1 rings (SSSR count). The lowest BCUT2D eigenvalue weighted by atomic mass is 10.2. The predicted octanol–water partition coefficient (Wildman–Crippen LogP) is -1.06. The van der Waals surface area contributed by atoms with Gasteiger partial charge in [-0.15, -0.1) is 0 Å². The van der Waals surface area contributed by atoms with E-state index in [2.05, 4.69) is 21.9 Å². The molecule has 0 unspecified atom stereocenters. The van der Waals surface area contributed by atoms with E-state index in [1.54, 1.807) is 12.1 Å². The number of hydrogen-bond acceptors (Lipinski definition) is 4. The van der Waals surface area contributed by atoms with Gasteiger partial charge in [-0.3, -0.25) is 0 Å². The number of nitrogens with one attached hydrogen (secondary N) is 2. The maximum atomic E-state index is 12.0. The van der Waals surface area contributed by atoms with Crippen LogP contribution in [0.1, 0.15) is 5.56 Å². The Kier molecular flexibility index (Phi) is 5.99. The lowest BCUT2D eigenvalue weighted by Gasteiger charge is -2.07. The van der Waals surface area contributed by atoms with Crippen molar-refractivity contribution in [2.45, 2.75) is 4.90 Å². The molecule has 0 bridgehead atoms. The molecule has 0 fully saturated rings. The van der Waals surface area contributed by atoms with Crippen molar-refractivity contribution in [2.75, 3.05) is 19.6 Å². The number of rotatable bonds is 5. The molecule has 0 aromatic heterocycles. The van der Waals surface area contributed by atoms with Crippen molar-refractivity contribution in [3.05, 3.63) is 29.8 Å². The first kappa shape index (κ1) is 16.0. The lowest BCUT2D eigenvalue weighted by Crippen LogP contribution is -2.37. The monoisotopic (exact) mass is 296 g/mol. The average Bonchev–Trinajstić information content (AvgIpc) is 2.41. The van der Waals surface area contributed by atoms with Gasteiger partial charge in [0.1, 0.15) is 0 Å². The summed E-state index contributed by atoms with van der Waals surface area (Å²) in [4.78, 5) is 10.5. The summed E-state index contributed by atoms with van der Waals surface area (Å²) in [5, 5.41) is 2.28. The molecule has 0 saturated heterocycles. The summed E-state index contributed by atoms with van der Waals surface area (Å²) in [5.74, 6) is 5.41. The number of hydrogen-bond donors (Lipinski definition) is 4. The van der Waals surface area contributed by atoms with Crippen LogP contribution in [0.5, 0.6) is 0 Å². The SMILES string of the molecule is NCC#Cc1cccc(S(=O)(=O)NCCNC(N)=O)c1. The molecular formula is C12H16N4O3S. The van der Waals surface area contributed by atoms with Crippen molar-refractivity contribution in [1.29, 1.82) is 0 Å². The highest BCUT2D eigenvalue weighted by Gasteiger charge is 2.13.